The second-order valence-corrected chi connectivity index (χ2v) is 5.59. The van der Waals surface area contributed by atoms with Crippen LogP contribution in [0.15, 0.2) is 46.9 Å². The first-order valence-electron chi connectivity index (χ1n) is 6.86. The number of carbonyl (C=O) groups is 1. The molecule has 124 valence electrons. The first-order valence-corrected chi connectivity index (χ1v) is 7.24. The molecule has 24 heavy (non-hydrogen) atoms. The summed E-state index contributed by atoms with van der Waals surface area (Å²) in [7, 11) is 0. The molecule has 3 rings (SSSR count). The average molecular weight is 355 g/mol. The molecule has 0 fully saturated rings. The maximum absolute atomic E-state index is 13.3. The number of alkyl halides is 3. The summed E-state index contributed by atoms with van der Waals surface area (Å²) in [4.78, 5) is 11.1. The molecule has 0 saturated carbocycles. The number of carboxylic acids is 1. The SMILES string of the molecule is O=C(O)Cc1oc2ccc(Cl)cc2c1-c1ccccc1C(F)(F)F. The number of carboxylic acid groups (broad SMARTS) is 1. The summed E-state index contributed by atoms with van der Waals surface area (Å²) >= 11 is 5.94. The molecule has 0 amide bonds. The summed E-state index contributed by atoms with van der Waals surface area (Å²) in [5.41, 5.74) is -0.618. The molecule has 0 aliphatic heterocycles. The Morgan fingerprint density at radius 1 is 1.17 bits per heavy atom. The van der Waals surface area contributed by atoms with E-state index in [1.54, 1.807) is 0 Å². The Bertz CT molecular complexity index is 928. The second-order valence-electron chi connectivity index (χ2n) is 5.15. The lowest BCUT2D eigenvalue weighted by molar-refractivity contribution is -0.137. The molecule has 0 aliphatic rings. The Kier molecular flexibility index (Phi) is 4.01. The van der Waals surface area contributed by atoms with Gasteiger partial charge in [-0.25, -0.2) is 0 Å². The lowest BCUT2D eigenvalue weighted by atomic mass is 9.95. The molecule has 0 unspecified atom stereocenters. The minimum Gasteiger partial charge on any atom is -0.481 e. The van der Waals surface area contributed by atoms with E-state index in [1.807, 2.05) is 0 Å². The van der Waals surface area contributed by atoms with Crippen molar-refractivity contribution in [1.29, 1.82) is 0 Å². The third-order valence-corrected chi connectivity index (χ3v) is 3.77. The summed E-state index contributed by atoms with van der Waals surface area (Å²) in [6, 6.07) is 9.47. The van der Waals surface area contributed by atoms with E-state index >= 15 is 0 Å². The largest absolute Gasteiger partial charge is 0.481 e. The van der Waals surface area contributed by atoms with Gasteiger partial charge in [0.05, 0.1) is 5.56 Å². The van der Waals surface area contributed by atoms with Crippen LogP contribution in [0.25, 0.3) is 22.1 Å². The zero-order valence-electron chi connectivity index (χ0n) is 12.0. The van der Waals surface area contributed by atoms with E-state index < -0.39 is 24.1 Å². The zero-order valence-corrected chi connectivity index (χ0v) is 12.8. The molecule has 2 aromatic carbocycles. The summed E-state index contributed by atoms with van der Waals surface area (Å²) in [6.45, 7) is 0. The fourth-order valence-electron chi connectivity index (χ4n) is 2.63. The van der Waals surface area contributed by atoms with E-state index in [2.05, 4.69) is 0 Å². The third-order valence-electron chi connectivity index (χ3n) is 3.54. The molecule has 0 aliphatic carbocycles. The fourth-order valence-corrected chi connectivity index (χ4v) is 2.80. The summed E-state index contributed by atoms with van der Waals surface area (Å²) in [5, 5.41) is 9.70. The Morgan fingerprint density at radius 3 is 2.54 bits per heavy atom. The van der Waals surface area contributed by atoms with Crippen molar-refractivity contribution in [3.8, 4) is 11.1 Å². The van der Waals surface area contributed by atoms with Crippen molar-refractivity contribution in [2.24, 2.45) is 0 Å². The number of furan rings is 1. The smallest absolute Gasteiger partial charge is 0.417 e. The van der Waals surface area contributed by atoms with Crippen LogP contribution in [0.2, 0.25) is 5.02 Å². The number of rotatable bonds is 3. The lowest BCUT2D eigenvalue weighted by Crippen LogP contribution is -2.08. The van der Waals surface area contributed by atoms with E-state index in [-0.39, 0.29) is 22.5 Å². The number of fused-ring (bicyclic) bond motifs is 1. The molecular weight excluding hydrogens is 345 g/mol. The van der Waals surface area contributed by atoms with Crippen molar-refractivity contribution in [2.75, 3.05) is 0 Å². The number of hydrogen-bond donors (Lipinski definition) is 1. The lowest BCUT2D eigenvalue weighted by Gasteiger charge is -2.13. The maximum atomic E-state index is 13.3. The normalized spacial score (nSPS) is 11.8. The molecule has 1 heterocycles. The van der Waals surface area contributed by atoms with E-state index in [9.17, 15) is 18.0 Å². The fraction of sp³-hybridized carbons (Fsp3) is 0.118. The molecule has 3 nitrogen and oxygen atoms in total. The van der Waals surface area contributed by atoms with Gasteiger partial charge < -0.3 is 9.52 Å². The van der Waals surface area contributed by atoms with Crippen molar-refractivity contribution < 1.29 is 27.5 Å². The van der Waals surface area contributed by atoms with Crippen LogP contribution in [0, 0.1) is 0 Å². The minimum absolute atomic E-state index is 0.0449. The number of halogens is 4. The van der Waals surface area contributed by atoms with Crippen molar-refractivity contribution in [2.45, 2.75) is 12.6 Å². The third kappa shape index (κ3) is 2.97. The predicted molar refractivity (Wildman–Crippen MR) is 83.0 cm³/mol. The Balaban J connectivity index is 2.36. The first-order chi connectivity index (χ1) is 11.3. The van der Waals surface area contributed by atoms with Gasteiger partial charge in [0.25, 0.3) is 0 Å². The second kappa shape index (κ2) is 5.87. The summed E-state index contributed by atoms with van der Waals surface area (Å²) < 4.78 is 45.5. The zero-order chi connectivity index (χ0) is 17.5. The number of aliphatic carboxylic acids is 1. The molecule has 7 heteroatoms. The van der Waals surface area contributed by atoms with Crippen LogP contribution in [-0.2, 0) is 17.4 Å². The summed E-state index contributed by atoms with van der Waals surface area (Å²) in [6.07, 6.45) is -5.12. The Labute approximate surface area is 139 Å². The van der Waals surface area contributed by atoms with Crippen LogP contribution in [-0.4, -0.2) is 11.1 Å². The number of benzene rings is 2. The van der Waals surface area contributed by atoms with Crippen LogP contribution >= 0.6 is 11.6 Å². The Morgan fingerprint density at radius 2 is 1.88 bits per heavy atom. The van der Waals surface area contributed by atoms with Crippen molar-refractivity contribution in [1.82, 2.24) is 0 Å². The molecule has 0 spiro atoms. The number of hydrogen-bond acceptors (Lipinski definition) is 2. The Hall–Kier alpha value is -2.47. The maximum Gasteiger partial charge on any atom is 0.417 e. The molecule has 3 aromatic rings. The van der Waals surface area contributed by atoms with E-state index in [1.165, 1.54) is 36.4 Å². The first kappa shape index (κ1) is 16.4. The van der Waals surface area contributed by atoms with E-state index in [4.69, 9.17) is 21.1 Å². The molecule has 0 atom stereocenters. The molecular formula is C17H10ClF3O3. The van der Waals surface area contributed by atoms with Gasteiger partial charge in [0.2, 0.25) is 0 Å². The van der Waals surface area contributed by atoms with Crippen molar-refractivity contribution >= 4 is 28.5 Å². The summed E-state index contributed by atoms with van der Waals surface area (Å²) in [5.74, 6) is -1.25. The van der Waals surface area contributed by atoms with Crippen LogP contribution < -0.4 is 0 Å². The highest BCUT2D eigenvalue weighted by molar-refractivity contribution is 6.31. The van der Waals surface area contributed by atoms with Gasteiger partial charge in [0.15, 0.2) is 0 Å². The highest BCUT2D eigenvalue weighted by Gasteiger charge is 2.35. The van der Waals surface area contributed by atoms with Gasteiger partial charge >= 0.3 is 12.1 Å². The highest BCUT2D eigenvalue weighted by Crippen LogP contribution is 2.42. The van der Waals surface area contributed by atoms with Crippen LogP contribution in [0.3, 0.4) is 0 Å². The minimum atomic E-state index is -4.58. The van der Waals surface area contributed by atoms with Gasteiger partial charge in [0.1, 0.15) is 17.8 Å². The van der Waals surface area contributed by atoms with Crippen LogP contribution in [0.5, 0.6) is 0 Å². The van der Waals surface area contributed by atoms with E-state index in [0.29, 0.717) is 10.4 Å². The predicted octanol–water partition coefficient (Wildman–Crippen LogP) is 5.40. The highest BCUT2D eigenvalue weighted by atomic mass is 35.5. The van der Waals surface area contributed by atoms with Crippen LogP contribution in [0.1, 0.15) is 11.3 Å². The van der Waals surface area contributed by atoms with Gasteiger partial charge in [0, 0.05) is 16.0 Å². The van der Waals surface area contributed by atoms with E-state index in [0.717, 1.165) is 6.07 Å². The quantitative estimate of drug-likeness (QED) is 0.685. The van der Waals surface area contributed by atoms with Crippen LogP contribution in [0.4, 0.5) is 13.2 Å². The molecule has 1 N–H and O–H groups in total. The topological polar surface area (TPSA) is 50.4 Å². The standard InChI is InChI=1S/C17H10ClF3O3/c18-9-5-6-13-11(7-9)16(14(24-13)8-15(22)23)10-3-1-2-4-12(10)17(19,20)21/h1-7H,8H2,(H,22,23). The molecule has 0 radical (unpaired) electrons. The van der Waals surface area contributed by atoms with Crippen molar-refractivity contribution in [3.05, 3.63) is 58.8 Å². The van der Waals surface area contributed by atoms with Gasteiger partial charge in [-0.05, 0) is 29.8 Å². The van der Waals surface area contributed by atoms with Gasteiger partial charge in [-0.1, -0.05) is 29.8 Å². The monoisotopic (exact) mass is 354 g/mol. The molecule has 1 aromatic heterocycles. The van der Waals surface area contributed by atoms with Gasteiger partial charge in [-0.15, -0.1) is 0 Å². The average Bonchev–Trinajstić information content (AvgIpc) is 2.82. The molecule has 0 saturated heterocycles. The molecule has 0 bridgehead atoms. The van der Waals surface area contributed by atoms with Gasteiger partial charge in [-0.2, -0.15) is 13.2 Å². The van der Waals surface area contributed by atoms with Gasteiger partial charge in [-0.3, -0.25) is 4.79 Å². The van der Waals surface area contributed by atoms with Crippen molar-refractivity contribution in [3.63, 3.8) is 0 Å².